The van der Waals surface area contributed by atoms with Gasteiger partial charge in [-0.3, -0.25) is 19.2 Å². The molecule has 8 rings (SSSR count). The van der Waals surface area contributed by atoms with Crippen LogP contribution in [0.2, 0.25) is 0 Å². The Kier molecular flexibility index (Phi) is 4.43. The van der Waals surface area contributed by atoms with Gasteiger partial charge >= 0.3 is 11.9 Å². The zero-order valence-corrected chi connectivity index (χ0v) is 22.9. The highest BCUT2D eigenvalue weighted by molar-refractivity contribution is 5.97. The fourth-order valence-electron chi connectivity index (χ4n) is 10.8. The molecular weight excluding hydrogens is 508 g/mol. The van der Waals surface area contributed by atoms with E-state index in [-0.39, 0.29) is 42.7 Å². The molecule has 2 bridgehead atoms. The van der Waals surface area contributed by atoms with E-state index >= 15 is 0 Å². The summed E-state index contributed by atoms with van der Waals surface area (Å²) < 4.78 is 32.0. The van der Waals surface area contributed by atoms with Crippen LogP contribution in [-0.2, 0) is 42.9 Å². The molecule has 14 atom stereocenters. The number of ether oxygens (including phenoxy) is 5. The summed E-state index contributed by atoms with van der Waals surface area (Å²) in [6.07, 6.45) is -1.75. The molecule has 2 saturated carbocycles. The number of carbonyl (C=O) groups is 4. The number of rotatable bonds is 0. The summed E-state index contributed by atoms with van der Waals surface area (Å²) >= 11 is 0. The van der Waals surface area contributed by atoms with E-state index < -0.39 is 88.0 Å². The number of carbonyl (C=O) groups excluding carboxylic acids is 4. The number of hydrogen-bond acceptors (Lipinski definition) is 10. The summed E-state index contributed by atoms with van der Waals surface area (Å²) in [7, 11) is 0. The highest BCUT2D eigenvalue weighted by atomic mass is 16.7. The van der Waals surface area contributed by atoms with E-state index in [2.05, 4.69) is 0 Å². The quantitative estimate of drug-likeness (QED) is 0.447. The predicted octanol–water partition coefficient (Wildman–Crippen LogP) is 1.48. The number of esters is 2. The van der Waals surface area contributed by atoms with Crippen LogP contribution in [0.5, 0.6) is 0 Å². The first-order chi connectivity index (χ1) is 18.2. The first-order valence-electron chi connectivity index (χ1n) is 14.5. The molecule has 2 aliphatic carbocycles. The minimum absolute atomic E-state index is 0.0225. The summed E-state index contributed by atoms with van der Waals surface area (Å²) in [5.74, 6) is -6.35. The van der Waals surface area contributed by atoms with Gasteiger partial charge in [0.1, 0.15) is 29.7 Å². The van der Waals surface area contributed by atoms with Crippen LogP contribution in [-0.4, -0.2) is 75.6 Å². The Morgan fingerprint density at radius 3 is 2.41 bits per heavy atom. The van der Waals surface area contributed by atoms with Gasteiger partial charge in [0, 0.05) is 35.5 Å². The highest BCUT2D eigenvalue weighted by Crippen LogP contribution is 2.71. The van der Waals surface area contributed by atoms with Crippen molar-refractivity contribution < 1.29 is 48.0 Å². The van der Waals surface area contributed by atoms with E-state index in [4.69, 9.17) is 23.7 Å². The van der Waals surface area contributed by atoms with Crippen molar-refractivity contribution in [1.29, 1.82) is 0 Å². The Hall–Kier alpha value is -1.88. The third-order valence-corrected chi connectivity index (χ3v) is 12.3. The monoisotopic (exact) mass is 544 g/mol. The van der Waals surface area contributed by atoms with Crippen LogP contribution in [0.15, 0.2) is 0 Å². The predicted molar refractivity (Wildman–Crippen MR) is 129 cm³/mol. The van der Waals surface area contributed by atoms with Crippen molar-refractivity contribution in [3.8, 4) is 0 Å². The first kappa shape index (κ1) is 24.9. The van der Waals surface area contributed by atoms with Gasteiger partial charge in [-0.05, 0) is 40.0 Å². The number of Topliss-reactive ketones (excluding diaryl/α,β-unsaturated/α-hetero) is 2. The van der Waals surface area contributed by atoms with Gasteiger partial charge in [-0.1, -0.05) is 13.8 Å². The number of ketones is 2. The standard InChI is InChI=1S/C29H36O10/c1-11-17-20-19(12(2)24(34)35-20)38-29-21(17)26(5,22(11)32)6-7-27(39-29)10-28-14(8-13(30)18(27)23(29)33)25(3,4)36-15(28)9-16(31)37-28/h11-15,17-21,30H,6-10H2,1-5H3/t11-,12-,13-,14-,15+,17+,18-,19+,20+,21-,26-,27-,28+,29-/m0/s1. The lowest BCUT2D eigenvalue weighted by atomic mass is 9.60. The summed E-state index contributed by atoms with van der Waals surface area (Å²) in [6, 6.07) is 0. The van der Waals surface area contributed by atoms with Crippen LogP contribution in [0.3, 0.4) is 0 Å². The maximum absolute atomic E-state index is 14.8. The van der Waals surface area contributed by atoms with Crippen molar-refractivity contribution >= 4 is 23.5 Å². The first-order valence-corrected chi connectivity index (χ1v) is 14.5. The van der Waals surface area contributed by atoms with Crippen LogP contribution in [0.1, 0.15) is 66.7 Å². The summed E-state index contributed by atoms with van der Waals surface area (Å²) in [4.78, 5) is 54.1. The highest BCUT2D eigenvalue weighted by Gasteiger charge is 2.83. The van der Waals surface area contributed by atoms with E-state index in [1.54, 1.807) is 6.92 Å². The Balaban J connectivity index is 1.32. The molecule has 0 unspecified atom stereocenters. The maximum Gasteiger partial charge on any atom is 0.311 e. The van der Waals surface area contributed by atoms with Gasteiger partial charge in [0.05, 0.1) is 35.6 Å². The van der Waals surface area contributed by atoms with E-state index in [1.165, 1.54) is 0 Å². The van der Waals surface area contributed by atoms with Gasteiger partial charge in [-0.15, -0.1) is 0 Å². The van der Waals surface area contributed by atoms with Gasteiger partial charge < -0.3 is 28.8 Å². The Morgan fingerprint density at radius 2 is 1.67 bits per heavy atom. The van der Waals surface area contributed by atoms with E-state index in [0.717, 1.165) is 0 Å². The Morgan fingerprint density at radius 1 is 0.923 bits per heavy atom. The topological polar surface area (TPSA) is 135 Å². The molecule has 1 N–H and O–H groups in total. The fourth-order valence-corrected chi connectivity index (χ4v) is 10.8. The minimum Gasteiger partial charge on any atom is -0.459 e. The largest absolute Gasteiger partial charge is 0.459 e. The van der Waals surface area contributed by atoms with Gasteiger partial charge in [0.15, 0.2) is 0 Å². The lowest BCUT2D eigenvalue weighted by Gasteiger charge is -2.50. The SMILES string of the molecule is C[C@@H]1C(=O)O[C@H]2[C@@H]1O[C@]13O[C@@]4(CC[C@]5(C)C(=O)[C@@H](C)[C@H]2[C@H]15)C[C@]12OC(=O)C[C@H]1OC(C)(C)[C@@H]2C[C@H](O)[C@H]4C3=O. The van der Waals surface area contributed by atoms with Crippen molar-refractivity contribution in [2.24, 2.45) is 40.9 Å². The second-order valence-electron chi connectivity index (χ2n) is 14.4. The van der Waals surface area contributed by atoms with Gasteiger partial charge in [-0.2, -0.15) is 0 Å². The molecule has 212 valence electrons. The molecule has 10 heteroatoms. The molecule has 8 fully saturated rings. The van der Waals surface area contributed by atoms with Gasteiger partial charge in [-0.25, -0.2) is 0 Å². The molecule has 8 aliphatic rings. The molecular formula is C29H36O10. The fraction of sp³-hybridized carbons (Fsp3) is 0.862. The van der Waals surface area contributed by atoms with Crippen molar-refractivity contribution in [3.05, 3.63) is 0 Å². The molecule has 39 heavy (non-hydrogen) atoms. The van der Waals surface area contributed by atoms with E-state index in [0.29, 0.717) is 12.8 Å². The molecule has 0 aromatic carbocycles. The third kappa shape index (κ3) is 2.56. The van der Waals surface area contributed by atoms with Crippen LogP contribution in [0.25, 0.3) is 0 Å². The molecule has 0 radical (unpaired) electrons. The van der Waals surface area contributed by atoms with E-state index in [1.807, 2.05) is 27.7 Å². The summed E-state index contributed by atoms with van der Waals surface area (Å²) in [5.41, 5.74) is -3.91. The Bertz CT molecular complexity index is 1240. The Labute approximate surface area is 226 Å². The zero-order valence-electron chi connectivity index (χ0n) is 22.9. The molecule has 6 heterocycles. The van der Waals surface area contributed by atoms with Crippen LogP contribution in [0.4, 0.5) is 0 Å². The van der Waals surface area contributed by atoms with Crippen molar-refractivity contribution in [2.75, 3.05) is 0 Å². The second kappa shape index (κ2) is 6.94. The van der Waals surface area contributed by atoms with Crippen LogP contribution in [0, 0.1) is 40.9 Å². The van der Waals surface area contributed by atoms with Crippen molar-refractivity contribution in [1.82, 2.24) is 0 Å². The number of fused-ring (bicyclic) bond motifs is 2. The average molecular weight is 545 g/mol. The van der Waals surface area contributed by atoms with Crippen molar-refractivity contribution in [2.45, 2.75) is 114 Å². The minimum atomic E-state index is -1.80. The molecule has 0 aromatic heterocycles. The third-order valence-electron chi connectivity index (χ3n) is 12.3. The molecule has 10 nitrogen and oxygen atoms in total. The smallest absolute Gasteiger partial charge is 0.311 e. The normalized spacial score (nSPS) is 59.9. The van der Waals surface area contributed by atoms with Crippen LogP contribution >= 0.6 is 0 Å². The number of hydrogen-bond donors (Lipinski definition) is 1. The number of aliphatic hydroxyl groups excluding tert-OH is 1. The van der Waals surface area contributed by atoms with E-state index in [9.17, 15) is 24.3 Å². The second-order valence-corrected chi connectivity index (χ2v) is 14.4. The van der Waals surface area contributed by atoms with Gasteiger partial charge in [0.2, 0.25) is 11.6 Å². The average Bonchev–Trinajstić information content (AvgIpc) is 3.45. The summed E-state index contributed by atoms with van der Waals surface area (Å²) in [6.45, 7) is 9.33. The lowest BCUT2D eigenvalue weighted by Crippen LogP contribution is -2.64. The molecule has 3 spiro atoms. The van der Waals surface area contributed by atoms with Crippen LogP contribution < -0.4 is 0 Å². The molecule has 6 aliphatic heterocycles. The molecule has 0 amide bonds. The maximum atomic E-state index is 14.8. The number of aliphatic hydroxyl groups is 1. The zero-order chi connectivity index (χ0) is 27.7. The molecule has 0 aromatic rings. The van der Waals surface area contributed by atoms with Gasteiger partial charge in [0.25, 0.3) is 0 Å². The molecule has 6 saturated heterocycles. The summed E-state index contributed by atoms with van der Waals surface area (Å²) in [5, 5.41) is 11.8. The van der Waals surface area contributed by atoms with Crippen molar-refractivity contribution in [3.63, 3.8) is 0 Å². The lowest BCUT2D eigenvalue weighted by molar-refractivity contribution is -0.331.